The molecular weight excluding hydrogens is 331 g/mol. The summed E-state index contributed by atoms with van der Waals surface area (Å²) in [7, 11) is 0. The molecule has 0 spiro atoms. The first kappa shape index (κ1) is 18.6. The number of nitrogens with zero attached hydrogens (tertiary/aromatic N) is 2. The summed E-state index contributed by atoms with van der Waals surface area (Å²) < 4.78 is 14.7. The molecule has 1 aliphatic carbocycles. The summed E-state index contributed by atoms with van der Waals surface area (Å²) >= 11 is 0. The maximum absolute atomic E-state index is 13.1. The molecule has 0 aliphatic heterocycles. The fourth-order valence-electron chi connectivity index (χ4n) is 3.51. The van der Waals surface area contributed by atoms with Crippen molar-refractivity contribution in [1.82, 2.24) is 20.4 Å². The molecule has 1 aromatic heterocycles. The monoisotopic (exact) mass is 358 g/mol. The van der Waals surface area contributed by atoms with Crippen LogP contribution in [0.1, 0.15) is 54.6 Å². The van der Waals surface area contributed by atoms with Crippen molar-refractivity contribution in [3.8, 4) is 5.69 Å². The highest BCUT2D eigenvalue weighted by Crippen LogP contribution is 2.17. The largest absolute Gasteiger partial charge is 0.351 e. The third kappa shape index (κ3) is 4.69. The van der Waals surface area contributed by atoms with E-state index in [9.17, 15) is 9.18 Å². The summed E-state index contributed by atoms with van der Waals surface area (Å²) in [5.74, 6) is -0.420. The van der Waals surface area contributed by atoms with E-state index < -0.39 is 0 Å². The molecule has 2 N–H and O–H groups in total. The third-order valence-corrected chi connectivity index (χ3v) is 5.02. The minimum absolute atomic E-state index is 0.126. The molecule has 140 valence electrons. The number of nitrogens with one attached hydrogen (secondary N) is 2. The fraction of sp³-hybridized carbons (Fsp3) is 0.500. The molecule has 1 amide bonds. The number of hydrogen-bond acceptors (Lipinski definition) is 3. The second-order valence-corrected chi connectivity index (χ2v) is 6.93. The summed E-state index contributed by atoms with van der Waals surface area (Å²) in [5, 5.41) is 10.8. The summed E-state index contributed by atoms with van der Waals surface area (Å²) in [4.78, 5) is 12.4. The van der Waals surface area contributed by atoms with Crippen LogP contribution in [-0.4, -0.2) is 34.8 Å². The second kappa shape index (κ2) is 8.94. The Morgan fingerprint density at radius 3 is 2.54 bits per heavy atom. The van der Waals surface area contributed by atoms with Crippen molar-refractivity contribution in [3.63, 3.8) is 0 Å². The number of hydrogen-bond donors (Lipinski definition) is 2. The predicted molar refractivity (Wildman–Crippen MR) is 100 cm³/mol. The fourth-order valence-corrected chi connectivity index (χ4v) is 3.51. The molecule has 1 saturated carbocycles. The zero-order chi connectivity index (χ0) is 18.4. The van der Waals surface area contributed by atoms with Crippen molar-refractivity contribution in [2.24, 2.45) is 0 Å². The maximum Gasteiger partial charge on any atom is 0.254 e. The van der Waals surface area contributed by atoms with Crippen LogP contribution in [0.25, 0.3) is 5.69 Å². The average Bonchev–Trinajstić information content (AvgIpc) is 2.85. The minimum Gasteiger partial charge on any atom is -0.351 e. The molecule has 1 aromatic carbocycles. The van der Waals surface area contributed by atoms with Gasteiger partial charge in [-0.1, -0.05) is 25.7 Å². The number of carbonyl (C=O) groups excluding carboxylic acids is 1. The highest BCUT2D eigenvalue weighted by molar-refractivity contribution is 5.95. The number of halogens is 1. The van der Waals surface area contributed by atoms with Crippen LogP contribution < -0.4 is 10.6 Å². The molecule has 0 saturated heterocycles. The Kier molecular flexibility index (Phi) is 6.39. The summed E-state index contributed by atoms with van der Waals surface area (Å²) in [6, 6.07) is 6.64. The topological polar surface area (TPSA) is 59.0 Å². The van der Waals surface area contributed by atoms with E-state index in [0.717, 1.165) is 17.9 Å². The molecule has 1 heterocycles. The molecule has 26 heavy (non-hydrogen) atoms. The lowest BCUT2D eigenvalue weighted by atomic mass is 10.1. The Balaban J connectivity index is 1.51. The Morgan fingerprint density at radius 1 is 1.15 bits per heavy atom. The standard InChI is InChI=1S/C20H27FN4O/c1-15-19(14-24-25(15)18-10-8-16(21)9-11-18)20(26)23-13-12-22-17-6-4-2-3-5-7-17/h8-11,14,17,22H,2-7,12-13H2,1H3,(H,23,26). The average molecular weight is 358 g/mol. The van der Waals surface area contributed by atoms with E-state index >= 15 is 0 Å². The van der Waals surface area contributed by atoms with Crippen molar-refractivity contribution in [1.29, 1.82) is 0 Å². The summed E-state index contributed by atoms with van der Waals surface area (Å²) in [5.41, 5.74) is 2.02. The normalized spacial score (nSPS) is 15.6. The molecule has 1 aliphatic rings. The van der Waals surface area contributed by atoms with Crippen LogP contribution in [-0.2, 0) is 0 Å². The summed E-state index contributed by atoms with van der Waals surface area (Å²) in [6.45, 7) is 3.22. The first-order chi connectivity index (χ1) is 12.6. The smallest absolute Gasteiger partial charge is 0.254 e. The van der Waals surface area contributed by atoms with Gasteiger partial charge in [-0.15, -0.1) is 0 Å². The third-order valence-electron chi connectivity index (χ3n) is 5.02. The molecule has 5 nitrogen and oxygen atoms in total. The van der Waals surface area contributed by atoms with E-state index in [4.69, 9.17) is 0 Å². The molecule has 1 fully saturated rings. The van der Waals surface area contributed by atoms with E-state index in [2.05, 4.69) is 15.7 Å². The van der Waals surface area contributed by atoms with Crippen LogP contribution in [0.15, 0.2) is 30.5 Å². The van der Waals surface area contributed by atoms with Gasteiger partial charge >= 0.3 is 0 Å². The zero-order valence-corrected chi connectivity index (χ0v) is 15.3. The number of aromatic nitrogens is 2. The lowest BCUT2D eigenvalue weighted by Crippen LogP contribution is -2.37. The SMILES string of the molecule is Cc1c(C(=O)NCCNC2CCCCCC2)cnn1-c1ccc(F)cc1. The Bertz CT molecular complexity index is 718. The number of rotatable bonds is 6. The van der Waals surface area contributed by atoms with Gasteiger partial charge < -0.3 is 10.6 Å². The van der Waals surface area contributed by atoms with Gasteiger partial charge in [0.2, 0.25) is 0 Å². The van der Waals surface area contributed by atoms with Crippen molar-refractivity contribution in [2.45, 2.75) is 51.5 Å². The molecule has 3 rings (SSSR count). The van der Waals surface area contributed by atoms with Gasteiger partial charge in [0, 0.05) is 19.1 Å². The molecule has 2 aromatic rings. The van der Waals surface area contributed by atoms with Crippen molar-refractivity contribution >= 4 is 5.91 Å². The first-order valence-electron chi connectivity index (χ1n) is 9.47. The van der Waals surface area contributed by atoms with Crippen LogP contribution in [0, 0.1) is 12.7 Å². The van der Waals surface area contributed by atoms with E-state index in [1.165, 1.54) is 50.7 Å². The van der Waals surface area contributed by atoms with Crippen molar-refractivity contribution < 1.29 is 9.18 Å². The van der Waals surface area contributed by atoms with Crippen LogP contribution in [0.2, 0.25) is 0 Å². The number of amides is 1. The molecule has 0 unspecified atom stereocenters. The lowest BCUT2D eigenvalue weighted by Gasteiger charge is -2.16. The van der Waals surface area contributed by atoms with Crippen molar-refractivity contribution in [3.05, 3.63) is 47.5 Å². The van der Waals surface area contributed by atoms with Crippen molar-refractivity contribution in [2.75, 3.05) is 13.1 Å². The molecule has 0 radical (unpaired) electrons. The van der Waals surface area contributed by atoms with Gasteiger partial charge in [-0.25, -0.2) is 9.07 Å². The Hall–Kier alpha value is -2.21. The van der Waals surface area contributed by atoms with Gasteiger partial charge in [-0.3, -0.25) is 4.79 Å². The van der Waals surface area contributed by atoms with Gasteiger partial charge in [0.1, 0.15) is 5.82 Å². The van der Waals surface area contributed by atoms with E-state index in [0.29, 0.717) is 18.2 Å². The van der Waals surface area contributed by atoms with Crippen LogP contribution >= 0.6 is 0 Å². The van der Waals surface area contributed by atoms with E-state index in [-0.39, 0.29) is 11.7 Å². The van der Waals surface area contributed by atoms with E-state index in [1.54, 1.807) is 23.0 Å². The molecule has 6 heteroatoms. The van der Waals surface area contributed by atoms with Crippen LogP contribution in [0.5, 0.6) is 0 Å². The second-order valence-electron chi connectivity index (χ2n) is 6.93. The summed E-state index contributed by atoms with van der Waals surface area (Å²) in [6.07, 6.45) is 9.30. The van der Waals surface area contributed by atoms with Gasteiger partial charge in [0.25, 0.3) is 5.91 Å². The van der Waals surface area contributed by atoms with Gasteiger partial charge in [-0.2, -0.15) is 5.10 Å². The van der Waals surface area contributed by atoms with Crippen LogP contribution in [0.3, 0.4) is 0 Å². The van der Waals surface area contributed by atoms with Gasteiger partial charge in [-0.05, 0) is 44.0 Å². The van der Waals surface area contributed by atoms with Gasteiger partial charge in [0.15, 0.2) is 0 Å². The molecular formula is C20H27FN4O. The Morgan fingerprint density at radius 2 is 1.85 bits per heavy atom. The Labute approximate surface area is 154 Å². The quantitative estimate of drug-likeness (QED) is 0.615. The predicted octanol–water partition coefficient (Wildman–Crippen LogP) is 3.36. The zero-order valence-electron chi connectivity index (χ0n) is 15.3. The first-order valence-corrected chi connectivity index (χ1v) is 9.47. The molecule has 0 bridgehead atoms. The highest BCUT2D eigenvalue weighted by atomic mass is 19.1. The molecule has 0 atom stereocenters. The van der Waals surface area contributed by atoms with E-state index in [1.807, 2.05) is 6.92 Å². The lowest BCUT2D eigenvalue weighted by molar-refractivity contribution is 0.0953. The highest BCUT2D eigenvalue weighted by Gasteiger charge is 2.15. The maximum atomic E-state index is 13.1. The number of carbonyl (C=O) groups is 1. The van der Waals surface area contributed by atoms with Gasteiger partial charge in [0.05, 0.1) is 23.1 Å². The number of benzene rings is 1. The minimum atomic E-state index is -0.294. The van der Waals surface area contributed by atoms with Crippen LogP contribution in [0.4, 0.5) is 4.39 Å².